The largest absolute Gasteiger partial charge is 0.348 e. The second-order valence-corrected chi connectivity index (χ2v) is 7.53. The molecule has 2 aromatic carbocycles. The third-order valence-electron chi connectivity index (χ3n) is 5.56. The highest BCUT2D eigenvalue weighted by Crippen LogP contribution is 2.29. The number of carbonyl (C=O) groups excluding carboxylic acids is 1. The number of fused-ring (bicyclic) bond motifs is 2. The molecule has 1 aliphatic rings. The Labute approximate surface area is 173 Å². The van der Waals surface area contributed by atoms with Crippen molar-refractivity contribution in [3.05, 3.63) is 88.5 Å². The van der Waals surface area contributed by atoms with Crippen molar-refractivity contribution in [1.29, 1.82) is 0 Å². The number of benzene rings is 2. The second-order valence-electron chi connectivity index (χ2n) is 7.53. The molecule has 1 unspecified atom stereocenters. The molecular formula is C23H21N5O2. The minimum Gasteiger partial charge on any atom is -0.348 e. The van der Waals surface area contributed by atoms with E-state index in [0.29, 0.717) is 11.2 Å². The van der Waals surface area contributed by atoms with E-state index >= 15 is 0 Å². The van der Waals surface area contributed by atoms with Gasteiger partial charge >= 0.3 is 0 Å². The van der Waals surface area contributed by atoms with Crippen LogP contribution in [0.4, 0.5) is 0 Å². The molecule has 4 aromatic rings. The predicted molar refractivity (Wildman–Crippen MR) is 113 cm³/mol. The lowest BCUT2D eigenvalue weighted by atomic mass is 9.88. The fraction of sp³-hybridized carbons (Fsp3) is 0.217. The van der Waals surface area contributed by atoms with Gasteiger partial charge in [0.15, 0.2) is 0 Å². The van der Waals surface area contributed by atoms with Crippen LogP contribution in [0.25, 0.3) is 16.8 Å². The normalized spacial score (nSPS) is 15.7. The number of nitrogens with one attached hydrogen (secondary N) is 1. The van der Waals surface area contributed by atoms with Crippen LogP contribution >= 0.6 is 0 Å². The Morgan fingerprint density at radius 3 is 2.77 bits per heavy atom. The maximum absolute atomic E-state index is 12.9. The lowest BCUT2D eigenvalue weighted by molar-refractivity contribution is -0.122. The zero-order chi connectivity index (χ0) is 20.5. The Kier molecular flexibility index (Phi) is 4.63. The molecule has 2 heterocycles. The minimum atomic E-state index is -0.341. The number of hydrogen-bond donors (Lipinski definition) is 1. The third kappa shape index (κ3) is 3.39. The number of aryl methyl sites for hydroxylation is 1. The highest BCUT2D eigenvalue weighted by Gasteiger charge is 2.22. The smallest absolute Gasteiger partial charge is 0.293 e. The van der Waals surface area contributed by atoms with Gasteiger partial charge in [-0.15, -0.1) is 0 Å². The van der Waals surface area contributed by atoms with Gasteiger partial charge in [-0.25, -0.2) is 9.20 Å². The second kappa shape index (κ2) is 7.59. The molecule has 7 nitrogen and oxygen atoms in total. The molecule has 1 aliphatic carbocycles. The van der Waals surface area contributed by atoms with Gasteiger partial charge in [-0.3, -0.25) is 9.59 Å². The van der Waals surface area contributed by atoms with E-state index in [0.717, 1.165) is 30.4 Å². The number of aromatic nitrogens is 4. The lowest BCUT2D eigenvalue weighted by Crippen LogP contribution is -2.37. The average Bonchev–Trinajstić information content (AvgIpc) is 3.22. The summed E-state index contributed by atoms with van der Waals surface area (Å²) in [4.78, 5) is 25.5. The van der Waals surface area contributed by atoms with E-state index in [-0.39, 0.29) is 24.1 Å². The maximum atomic E-state index is 12.9. The molecule has 7 heteroatoms. The van der Waals surface area contributed by atoms with Gasteiger partial charge in [0.05, 0.1) is 11.7 Å². The van der Waals surface area contributed by atoms with E-state index in [2.05, 4.69) is 27.6 Å². The summed E-state index contributed by atoms with van der Waals surface area (Å²) >= 11 is 0. The summed E-state index contributed by atoms with van der Waals surface area (Å²) in [5.41, 5.74) is 4.09. The molecule has 0 saturated heterocycles. The molecule has 1 atom stereocenters. The van der Waals surface area contributed by atoms with E-state index in [4.69, 9.17) is 0 Å². The SMILES string of the molecule is O=C(Cn1ncn2nc(-c3ccccc3)cc2c1=O)NC1CCCc2ccccc21. The van der Waals surface area contributed by atoms with Crippen LogP contribution in [0.15, 0.2) is 71.8 Å². The monoisotopic (exact) mass is 399 g/mol. The Morgan fingerprint density at radius 2 is 1.90 bits per heavy atom. The Bertz CT molecular complexity index is 1280. The first-order valence-electron chi connectivity index (χ1n) is 10.1. The van der Waals surface area contributed by atoms with Gasteiger partial charge in [-0.2, -0.15) is 10.2 Å². The molecule has 0 aliphatic heterocycles. The average molecular weight is 399 g/mol. The van der Waals surface area contributed by atoms with Crippen molar-refractivity contribution in [2.75, 3.05) is 0 Å². The van der Waals surface area contributed by atoms with Crippen molar-refractivity contribution >= 4 is 11.4 Å². The van der Waals surface area contributed by atoms with Crippen LogP contribution < -0.4 is 10.9 Å². The van der Waals surface area contributed by atoms with Crippen molar-refractivity contribution in [1.82, 2.24) is 24.7 Å². The van der Waals surface area contributed by atoms with Crippen LogP contribution in [-0.2, 0) is 17.8 Å². The fourth-order valence-electron chi connectivity index (χ4n) is 4.08. The van der Waals surface area contributed by atoms with Crippen LogP contribution in [0.3, 0.4) is 0 Å². The summed E-state index contributed by atoms with van der Waals surface area (Å²) in [6.07, 6.45) is 4.43. The molecule has 150 valence electrons. The number of hydrogen-bond acceptors (Lipinski definition) is 4. The maximum Gasteiger partial charge on any atom is 0.293 e. The molecule has 2 aromatic heterocycles. The van der Waals surface area contributed by atoms with Gasteiger partial charge in [-0.05, 0) is 36.5 Å². The molecule has 0 spiro atoms. The summed E-state index contributed by atoms with van der Waals surface area (Å²) < 4.78 is 2.65. The molecule has 1 amide bonds. The first kappa shape index (κ1) is 18.3. The van der Waals surface area contributed by atoms with Crippen LogP contribution in [0.1, 0.15) is 30.0 Å². The number of carbonyl (C=O) groups is 1. The van der Waals surface area contributed by atoms with Crippen LogP contribution in [-0.4, -0.2) is 25.3 Å². The molecule has 0 saturated carbocycles. The van der Waals surface area contributed by atoms with Gasteiger partial charge in [0, 0.05) is 5.56 Å². The van der Waals surface area contributed by atoms with Gasteiger partial charge in [0.2, 0.25) is 5.91 Å². The molecule has 0 bridgehead atoms. The zero-order valence-corrected chi connectivity index (χ0v) is 16.4. The van der Waals surface area contributed by atoms with Gasteiger partial charge in [0.1, 0.15) is 18.4 Å². The zero-order valence-electron chi connectivity index (χ0n) is 16.4. The summed E-state index contributed by atoms with van der Waals surface area (Å²) in [5, 5.41) is 11.6. The van der Waals surface area contributed by atoms with E-state index < -0.39 is 0 Å². The van der Waals surface area contributed by atoms with E-state index in [1.165, 1.54) is 21.1 Å². The van der Waals surface area contributed by atoms with Gasteiger partial charge in [-0.1, -0.05) is 54.6 Å². The third-order valence-corrected chi connectivity index (χ3v) is 5.56. The number of nitrogens with zero attached hydrogens (tertiary/aromatic N) is 4. The summed E-state index contributed by atoms with van der Waals surface area (Å²) in [5.74, 6) is -0.224. The predicted octanol–water partition coefficient (Wildman–Crippen LogP) is 2.75. The number of amides is 1. The molecule has 1 N–H and O–H groups in total. The van der Waals surface area contributed by atoms with Crippen molar-refractivity contribution in [3.63, 3.8) is 0 Å². The summed E-state index contributed by atoms with van der Waals surface area (Å²) in [6.45, 7) is -0.125. The molecule has 30 heavy (non-hydrogen) atoms. The quantitative estimate of drug-likeness (QED) is 0.572. The molecule has 0 radical (unpaired) electrons. The van der Waals surface area contributed by atoms with Gasteiger partial charge < -0.3 is 5.32 Å². The highest BCUT2D eigenvalue weighted by atomic mass is 16.2. The first-order chi connectivity index (χ1) is 14.7. The molecular weight excluding hydrogens is 378 g/mol. The number of rotatable bonds is 4. The Morgan fingerprint density at radius 1 is 1.10 bits per heavy atom. The summed E-state index contributed by atoms with van der Waals surface area (Å²) in [7, 11) is 0. The first-order valence-corrected chi connectivity index (χ1v) is 10.1. The Balaban J connectivity index is 1.37. The van der Waals surface area contributed by atoms with Crippen molar-refractivity contribution in [3.8, 4) is 11.3 Å². The topological polar surface area (TPSA) is 81.3 Å². The van der Waals surface area contributed by atoms with E-state index in [1.54, 1.807) is 6.07 Å². The lowest BCUT2D eigenvalue weighted by Gasteiger charge is -2.26. The minimum absolute atomic E-state index is 0.0264. The fourth-order valence-corrected chi connectivity index (χ4v) is 4.08. The van der Waals surface area contributed by atoms with E-state index in [1.807, 2.05) is 42.5 Å². The van der Waals surface area contributed by atoms with Crippen LogP contribution in [0.5, 0.6) is 0 Å². The van der Waals surface area contributed by atoms with Crippen molar-refractivity contribution in [2.45, 2.75) is 31.8 Å². The van der Waals surface area contributed by atoms with Gasteiger partial charge in [0.25, 0.3) is 5.56 Å². The van der Waals surface area contributed by atoms with Crippen LogP contribution in [0.2, 0.25) is 0 Å². The highest BCUT2D eigenvalue weighted by molar-refractivity contribution is 5.76. The molecule has 5 rings (SSSR count). The van der Waals surface area contributed by atoms with Crippen molar-refractivity contribution in [2.24, 2.45) is 0 Å². The van der Waals surface area contributed by atoms with E-state index in [9.17, 15) is 9.59 Å². The standard InChI is InChI=1S/C23H21N5O2/c29-22(25-19-12-6-10-16-7-4-5-11-18(16)19)14-27-23(30)21-13-20(26-28(21)15-24-27)17-8-2-1-3-9-17/h1-5,7-9,11,13,15,19H,6,10,12,14H2,(H,25,29). The Hall–Kier alpha value is -3.74. The van der Waals surface area contributed by atoms with Crippen molar-refractivity contribution < 1.29 is 4.79 Å². The van der Waals surface area contributed by atoms with Crippen LogP contribution in [0, 0.1) is 0 Å². The summed E-state index contributed by atoms with van der Waals surface area (Å²) in [6, 6.07) is 19.5. The molecule has 0 fully saturated rings.